The van der Waals surface area contributed by atoms with Crippen LogP contribution >= 0.6 is 0 Å². The van der Waals surface area contributed by atoms with Gasteiger partial charge in [0.15, 0.2) is 0 Å². The lowest BCUT2D eigenvalue weighted by molar-refractivity contribution is 0.336. The van der Waals surface area contributed by atoms with Crippen LogP contribution in [-0.4, -0.2) is 12.2 Å². The van der Waals surface area contributed by atoms with Crippen molar-refractivity contribution in [2.75, 3.05) is 0 Å². The van der Waals surface area contributed by atoms with Crippen LogP contribution in [0.2, 0.25) is 0 Å². The molecule has 0 spiro atoms. The molecule has 1 heterocycles. The molecule has 0 aromatic heterocycles. The highest BCUT2D eigenvalue weighted by Gasteiger charge is 2.44. The number of epoxide rings is 1. The molecule has 1 saturated heterocycles. The van der Waals surface area contributed by atoms with Gasteiger partial charge >= 0.3 is 0 Å². The van der Waals surface area contributed by atoms with Crippen LogP contribution in [0.1, 0.15) is 26.2 Å². The van der Waals surface area contributed by atoms with Crippen LogP contribution in [-0.2, 0) is 4.74 Å². The molecule has 8 heavy (non-hydrogen) atoms. The summed E-state index contributed by atoms with van der Waals surface area (Å²) in [5, 5.41) is 0. The van der Waals surface area contributed by atoms with Crippen LogP contribution in [0.3, 0.4) is 0 Å². The predicted octanol–water partition coefficient (Wildman–Crippen LogP) is 1.57. The van der Waals surface area contributed by atoms with Gasteiger partial charge in [0.25, 0.3) is 0 Å². The highest BCUT2D eigenvalue weighted by atomic mass is 16.6. The van der Waals surface area contributed by atoms with Crippen LogP contribution in [0.4, 0.5) is 0 Å². The van der Waals surface area contributed by atoms with Crippen LogP contribution < -0.4 is 0 Å². The van der Waals surface area contributed by atoms with Crippen LogP contribution in [0, 0.1) is 5.92 Å². The van der Waals surface area contributed by atoms with Crippen molar-refractivity contribution in [3.8, 4) is 0 Å². The molecule has 3 atom stereocenters. The maximum Gasteiger partial charge on any atom is 0.0867 e. The molecule has 0 aromatic carbocycles. The van der Waals surface area contributed by atoms with Gasteiger partial charge in [0.2, 0.25) is 0 Å². The molecule has 2 fully saturated rings. The van der Waals surface area contributed by atoms with E-state index in [4.69, 9.17) is 4.74 Å². The molecular formula is C7H12O. The minimum absolute atomic E-state index is 0.670. The molecule has 46 valence electrons. The van der Waals surface area contributed by atoms with Gasteiger partial charge in [-0.05, 0) is 18.8 Å². The Morgan fingerprint density at radius 3 is 2.88 bits per heavy atom. The van der Waals surface area contributed by atoms with E-state index in [9.17, 15) is 0 Å². The zero-order valence-electron chi connectivity index (χ0n) is 5.26. The SMILES string of the molecule is C[C@H]1CCC[C@H]2O[C@@H]12. The van der Waals surface area contributed by atoms with Crippen molar-refractivity contribution in [2.24, 2.45) is 5.92 Å². The molecule has 0 N–H and O–H groups in total. The van der Waals surface area contributed by atoms with E-state index in [1.807, 2.05) is 0 Å². The first-order valence-corrected chi connectivity index (χ1v) is 3.53. The van der Waals surface area contributed by atoms with Gasteiger partial charge < -0.3 is 4.74 Å². The number of ether oxygens (including phenoxy) is 1. The van der Waals surface area contributed by atoms with Crippen molar-refractivity contribution in [1.29, 1.82) is 0 Å². The van der Waals surface area contributed by atoms with Gasteiger partial charge in [0.1, 0.15) is 0 Å². The third-order valence-electron chi connectivity index (χ3n) is 2.33. The lowest BCUT2D eigenvalue weighted by atomic mass is 9.91. The van der Waals surface area contributed by atoms with Crippen molar-refractivity contribution in [3.63, 3.8) is 0 Å². The lowest BCUT2D eigenvalue weighted by Gasteiger charge is -2.10. The second-order valence-corrected chi connectivity index (χ2v) is 3.05. The Kier molecular flexibility index (Phi) is 0.884. The fraction of sp³-hybridized carbons (Fsp3) is 1.00. The monoisotopic (exact) mass is 112 g/mol. The van der Waals surface area contributed by atoms with Crippen molar-refractivity contribution in [3.05, 3.63) is 0 Å². The molecule has 1 saturated carbocycles. The number of hydrogen-bond donors (Lipinski definition) is 0. The Labute approximate surface area is 50.0 Å². The molecule has 0 radical (unpaired) electrons. The third-order valence-corrected chi connectivity index (χ3v) is 2.33. The van der Waals surface area contributed by atoms with Gasteiger partial charge in [-0.3, -0.25) is 0 Å². The summed E-state index contributed by atoms with van der Waals surface area (Å²) in [5.41, 5.74) is 0. The Morgan fingerprint density at radius 2 is 2.25 bits per heavy atom. The molecule has 0 amide bonds. The molecule has 1 nitrogen and oxygen atoms in total. The van der Waals surface area contributed by atoms with E-state index >= 15 is 0 Å². The summed E-state index contributed by atoms with van der Waals surface area (Å²) in [6, 6.07) is 0. The summed E-state index contributed by atoms with van der Waals surface area (Å²) in [6.07, 6.45) is 5.46. The molecule has 0 aromatic rings. The minimum Gasteiger partial charge on any atom is -0.369 e. The largest absolute Gasteiger partial charge is 0.369 e. The average Bonchev–Trinajstić information content (AvgIpc) is 2.45. The van der Waals surface area contributed by atoms with Crippen molar-refractivity contribution in [2.45, 2.75) is 38.4 Å². The summed E-state index contributed by atoms with van der Waals surface area (Å²) in [5.74, 6) is 0.855. The van der Waals surface area contributed by atoms with E-state index in [1.165, 1.54) is 19.3 Å². The highest BCUT2D eigenvalue weighted by Crippen LogP contribution is 2.39. The fourth-order valence-corrected chi connectivity index (χ4v) is 1.69. The van der Waals surface area contributed by atoms with Gasteiger partial charge in [-0.25, -0.2) is 0 Å². The first kappa shape index (κ1) is 4.80. The molecule has 1 aliphatic heterocycles. The Bertz CT molecular complexity index is 101. The highest BCUT2D eigenvalue weighted by molar-refractivity contribution is 4.92. The molecule has 1 aliphatic carbocycles. The summed E-state index contributed by atoms with van der Waals surface area (Å²) in [6.45, 7) is 2.30. The lowest BCUT2D eigenvalue weighted by Crippen LogP contribution is -2.11. The smallest absolute Gasteiger partial charge is 0.0867 e. The molecule has 1 heteroatoms. The van der Waals surface area contributed by atoms with Crippen LogP contribution in [0.25, 0.3) is 0 Å². The van der Waals surface area contributed by atoms with Gasteiger partial charge in [-0.1, -0.05) is 13.3 Å². The normalized spacial score (nSPS) is 52.9. The second kappa shape index (κ2) is 1.47. The van der Waals surface area contributed by atoms with E-state index in [1.54, 1.807) is 0 Å². The number of fused-ring (bicyclic) bond motifs is 1. The molecule has 0 unspecified atom stereocenters. The first-order chi connectivity index (χ1) is 3.88. The van der Waals surface area contributed by atoms with Gasteiger partial charge in [0, 0.05) is 0 Å². The van der Waals surface area contributed by atoms with Gasteiger partial charge in [0.05, 0.1) is 12.2 Å². The molecule has 0 bridgehead atoms. The number of rotatable bonds is 0. The topological polar surface area (TPSA) is 12.5 Å². The predicted molar refractivity (Wildman–Crippen MR) is 31.7 cm³/mol. The van der Waals surface area contributed by atoms with E-state index < -0.39 is 0 Å². The zero-order chi connectivity index (χ0) is 5.56. The minimum atomic E-state index is 0.670. The Morgan fingerprint density at radius 1 is 1.38 bits per heavy atom. The second-order valence-electron chi connectivity index (χ2n) is 3.05. The van der Waals surface area contributed by atoms with E-state index in [0.29, 0.717) is 12.2 Å². The first-order valence-electron chi connectivity index (χ1n) is 3.53. The molecule has 2 rings (SSSR count). The maximum atomic E-state index is 5.39. The third kappa shape index (κ3) is 0.576. The van der Waals surface area contributed by atoms with E-state index in [-0.39, 0.29) is 0 Å². The van der Waals surface area contributed by atoms with Crippen molar-refractivity contribution in [1.82, 2.24) is 0 Å². The molecule has 2 aliphatic rings. The van der Waals surface area contributed by atoms with E-state index in [2.05, 4.69) is 6.92 Å². The Hall–Kier alpha value is -0.0400. The van der Waals surface area contributed by atoms with Crippen LogP contribution in [0.15, 0.2) is 0 Å². The van der Waals surface area contributed by atoms with Crippen molar-refractivity contribution >= 4 is 0 Å². The van der Waals surface area contributed by atoms with Crippen molar-refractivity contribution < 1.29 is 4.74 Å². The average molecular weight is 112 g/mol. The maximum absolute atomic E-state index is 5.39. The van der Waals surface area contributed by atoms with Crippen LogP contribution in [0.5, 0.6) is 0 Å². The van der Waals surface area contributed by atoms with Gasteiger partial charge in [-0.2, -0.15) is 0 Å². The summed E-state index contributed by atoms with van der Waals surface area (Å²) in [4.78, 5) is 0. The Balaban J connectivity index is 1.99. The standard InChI is InChI=1S/C7H12O/c1-5-3-2-4-6-7(5)8-6/h5-7H,2-4H2,1H3/t5-,6+,7-/m0/s1. The van der Waals surface area contributed by atoms with E-state index in [0.717, 1.165) is 5.92 Å². The molecular weight excluding hydrogens is 100 g/mol. The fourth-order valence-electron chi connectivity index (χ4n) is 1.69. The summed E-state index contributed by atoms with van der Waals surface area (Å²) in [7, 11) is 0. The summed E-state index contributed by atoms with van der Waals surface area (Å²) < 4.78 is 5.39. The number of hydrogen-bond acceptors (Lipinski definition) is 1. The zero-order valence-corrected chi connectivity index (χ0v) is 5.26. The quantitative estimate of drug-likeness (QED) is 0.433. The summed E-state index contributed by atoms with van der Waals surface area (Å²) >= 11 is 0. The van der Waals surface area contributed by atoms with Gasteiger partial charge in [-0.15, -0.1) is 0 Å².